The average Bonchev–Trinajstić information content (AvgIpc) is 2.92. The van der Waals surface area contributed by atoms with Gasteiger partial charge in [0.1, 0.15) is 17.6 Å². The van der Waals surface area contributed by atoms with E-state index in [2.05, 4.69) is 16.6 Å². The van der Waals surface area contributed by atoms with Gasteiger partial charge in [0.15, 0.2) is 0 Å². The number of carbonyl (C=O) groups is 3. The van der Waals surface area contributed by atoms with Gasteiger partial charge in [-0.2, -0.15) is 0 Å². The second-order valence-electron chi connectivity index (χ2n) is 6.43. The summed E-state index contributed by atoms with van der Waals surface area (Å²) in [5, 5.41) is 5.54. The molecule has 0 radical (unpaired) electrons. The molecule has 0 aliphatic carbocycles. The number of nitrogens with one attached hydrogen (secondary N) is 2. The van der Waals surface area contributed by atoms with E-state index in [0.717, 1.165) is 4.90 Å². The van der Waals surface area contributed by atoms with Crippen LogP contribution in [0.1, 0.15) is 45.6 Å². The highest BCUT2D eigenvalue weighted by atomic mass is 16.2. The lowest BCUT2D eigenvalue weighted by molar-refractivity contribution is -0.135. The predicted octanol–water partition coefficient (Wildman–Crippen LogP) is 2.15. The quantitative estimate of drug-likeness (QED) is 0.581. The van der Waals surface area contributed by atoms with Crippen LogP contribution in [-0.4, -0.2) is 34.8 Å². The maximum absolute atomic E-state index is 13.0. The number of hydrogen-bond acceptors (Lipinski definition) is 3. The van der Waals surface area contributed by atoms with E-state index in [4.69, 9.17) is 6.42 Å². The molecular formula is C20H25N3O3. The van der Waals surface area contributed by atoms with Gasteiger partial charge in [-0.25, -0.2) is 4.79 Å². The fourth-order valence-corrected chi connectivity index (χ4v) is 3.25. The molecule has 1 heterocycles. The lowest BCUT2D eigenvalue weighted by Crippen LogP contribution is -2.51. The summed E-state index contributed by atoms with van der Waals surface area (Å²) >= 11 is 0. The Bertz CT molecular complexity index is 734. The number of amides is 4. The Morgan fingerprint density at radius 3 is 2.35 bits per heavy atom. The van der Waals surface area contributed by atoms with Gasteiger partial charge in [-0.05, 0) is 24.8 Å². The highest BCUT2D eigenvalue weighted by Gasteiger charge is 2.51. The van der Waals surface area contributed by atoms with E-state index in [1.807, 2.05) is 39.0 Å². The van der Waals surface area contributed by atoms with Gasteiger partial charge in [0.2, 0.25) is 5.91 Å². The van der Waals surface area contributed by atoms with Crippen molar-refractivity contribution in [3.05, 3.63) is 35.9 Å². The Morgan fingerprint density at radius 2 is 1.85 bits per heavy atom. The van der Waals surface area contributed by atoms with Crippen LogP contribution < -0.4 is 10.6 Å². The molecule has 0 aromatic heterocycles. The number of nitrogens with zero attached hydrogens (tertiary/aromatic N) is 1. The summed E-state index contributed by atoms with van der Waals surface area (Å²) in [5.74, 6) is 1.74. The lowest BCUT2D eigenvalue weighted by Gasteiger charge is -2.28. The zero-order chi connectivity index (χ0) is 19.4. The van der Waals surface area contributed by atoms with Gasteiger partial charge in [0, 0.05) is 0 Å². The Balaban J connectivity index is 2.22. The van der Waals surface area contributed by atoms with E-state index < -0.39 is 28.9 Å². The summed E-state index contributed by atoms with van der Waals surface area (Å²) in [7, 11) is 0. The van der Waals surface area contributed by atoms with Crippen molar-refractivity contribution in [1.29, 1.82) is 0 Å². The number of carbonyl (C=O) groups excluding carboxylic acids is 3. The van der Waals surface area contributed by atoms with Gasteiger partial charge in [0.25, 0.3) is 5.91 Å². The molecule has 1 aromatic carbocycles. The zero-order valence-electron chi connectivity index (χ0n) is 15.5. The first kappa shape index (κ1) is 19.5. The van der Waals surface area contributed by atoms with Crippen molar-refractivity contribution >= 4 is 17.8 Å². The van der Waals surface area contributed by atoms with Gasteiger partial charge in [-0.15, -0.1) is 6.42 Å². The Labute approximate surface area is 154 Å². The summed E-state index contributed by atoms with van der Waals surface area (Å²) in [4.78, 5) is 38.8. The van der Waals surface area contributed by atoms with Crippen molar-refractivity contribution in [3.63, 3.8) is 0 Å². The second kappa shape index (κ2) is 7.61. The molecule has 1 fully saturated rings. The minimum atomic E-state index is -1.14. The number of urea groups is 1. The molecule has 0 bridgehead atoms. The minimum absolute atomic E-state index is 0.358. The van der Waals surface area contributed by atoms with Crippen LogP contribution in [0.15, 0.2) is 30.3 Å². The van der Waals surface area contributed by atoms with E-state index >= 15 is 0 Å². The maximum Gasteiger partial charge on any atom is 0.325 e. The molecule has 2 N–H and O–H groups in total. The topological polar surface area (TPSA) is 78.5 Å². The van der Waals surface area contributed by atoms with Crippen LogP contribution in [0.3, 0.4) is 0 Å². The summed E-state index contributed by atoms with van der Waals surface area (Å²) in [6.45, 7) is 5.23. The minimum Gasteiger partial charge on any atom is -0.338 e. The van der Waals surface area contributed by atoms with Crippen LogP contribution >= 0.6 is 0 Å². The molecule has 1 aliphatic rings. The first-order valence-corrected chi connectivity index (χ1v) is 8.86. The summed E-state index contributed by atoms with van der Waals surface area (Å²) in [6, 6.07) is 8.48. The fraction of sp³-hybridized carbons (Fsp3) is 0.450. The standard InChI is InChI=1S/C20H25N3O3/c1-5-19(6-2,7-3)21-16(24)14-23-17(25)20(8-4,22-18(23)26)15-12-10-9-11-13-15/h1,9-13H,6-8,14H2,2-4H3,(H,21,24)(H,22,26). The smallest absolute Gasteiger partial charge is 0.325 e. The first-order valence-electron chi connectivity index (χ1n) is 8.86. The number of benzene rings is 1. The first-order chi connectivity index (χ1) is 12.4. The van der Waals surface area contributed by atoms with Crippen LogP contribution in [0, 0.1) is 12.3 Å². The van der Waals surface area contributed by atoms with E-state index in [1.54, 1.807) is 12.1 Å². The molecule has 1 unspecified atom stereocenters. The third kappa shape index (κ3) is 3.30. The normalized spacial score (nSPS) is 19.8. The lowest BCUT2D eigenvalue weighted by atomic mass is 9.87. The van der Waals surface area contributed by atoms with E-state index in [1.165, 1.54) is 0 Å². The van der Waals surface area contributed by atoms with Crippen molar-refractivity contribution in [2.75, 3.05) is 6.54 Å². The Morgan fingerprint density at radius 1 is 1.23 bits per heavy atom. The molecule has 1 aliphatic heterocycles. The summed E-state index contributed by atoms with van der Waals surface area (Å²) in [6.07, 6.45) is 7.07. The third-order valence-corrected chi connectivity index (χ3v) is 5.14. The van der Waals surface area contributed by atoms with Gasteiger partial charge in [-0.3, -0.25) is 14.5 Å². The molecule has 2 rings (SSSR count). The van der Waals surface area contributed by atoms with Crippen LogP contribution in [0.25, 0.3) is 0 Å². The highest BCUT2D eigenvalue weighted by Crippen LogP contribution is 2.32. The number of hydrogen-bond donors (Lipinski definition) is 2. The Kier molecular flexibility index (Phi) is 5.71. The second-order valence-corrected chi connectivity index (χ2v) is 6.43. The molecule has 1 atom stereocenters. The molecule has 6 nitrogen and oxygen atoms in total. The van der Waals surface area contributed by atoms with Crippen LogP contribution in [0.5, 0.6) is 0 Å². The van der Waals surface area contributed by atoms with Crippen molar-refractivity contribution in [2.45, 2.75) is 51.1 Å². The van der Waals surface area contributed by atoms with Gasteiger partial charge >= 0.3 is 6.03 Å². The number of imide groups is 1. The van der Waals surface area contributed by atoms with Crippen molar-refractivity contribution in [2.24, 2.45) is 0 Å². The monoisotopic (exact) mass is 355 g/mol. The Hall–Kier alpha value is -2.81. The molecule has 1 aromatic rings. The highest BCUT2D eigenvalue weighted by molar-refractivity contribution is 6.09. The van der Waals surface area contributed by atoms with Gasteiger partial charge < -0.3 is 10.6 Å². The van der Waals surface area contributed by atoms with Gasteiger partial charge in [-0.1, -0.05) is 57.0 Å². The predicted molar refractivity (Wildman–Crippen MR) is 98.9 cm³/mol. The third-order valence-electron chi connectivity index (χ3n) is 5.14. The molecule has 26 heavy (non-hydrogen) atoms. The largest absolute Gasteiger partial charge is 0.338 e. The van der Waals surface area contributed by atoms with E-state index in [-0.39, 0.29) is 6.54 Å². The van der Waals surface area contributed by atoms with Crippen molar-refractivity contribution in [1.82, 2.24) is 15.5 Å². The molecule has 4 amide bonds. The van der Waals surface area contributed by atoms with Crippen LogP contribution in [0.2, 0.25) is 0 Å². The molecule has 138 valence electrons. The number of rotatable bonds is 7. The molecular weight excluding hydrogens is 330 g/mol. The zero-order valence-corrected chi connectivity index (χ0v) is 15.5. The SMILES string of the molecule is C#CC(CC)(CC)NC(=O)CN1C(=O)NC(CC)(c2ccccc2)C1=O. The average molecular weight is 355 g/mol. The summed E-state index contributed by atoms with van der Waals surface area (Å²) in [5.41, 5.74) is -1.21. The van der Waals surface area contributed by atoms with E-state index in [9.17, 15) is 14.4 Å². The van der Waals surface area contributed by atoms with Crippen LogP contribution in [-0.2, 0) is 15.1 Å². The molecule has 0 spiro atoms. The molecule has 1 saturated heterocycles. The molecule has 6 heteroatoms. The van der Waals surface area contributed by atoms with Crippen LogP contribution in [0.4, 0.5) is 4.79 Å². The van der Waals surface area contributed by atoms with E-state index in [0.29, 0.717) is 24.8 Å². The van der Waals surface area contributed by atoms with Crippen molar-refractivity contribution in [3.8, 4) is 12.3 Å². The number of terminal acetylenes is 1. The molecule has 0 saturated carbocycles. The van der Waals surface area contributed by atoms with Crippen molar-refractivity contribution < 1.29 is 14.4 Å². The fourth-order valence-electron chi connectivity index (χ4n) is 3.25. The maximum atomic E-state index is 13.0. The van der Waals surface area contributed by atoms with Gasteiger partial charge in [0.05, 0.1) is 0 Å². The summed E-state index contributed by atoms with van der Waals surface area (Å²) < 4.78 is 0.